The van der Waals surface area contributed by atoms with E-state index in [9.17, 15) is 22.8 Å². The van der Waals surface area contributed by atoms with Crippen LogP contribution in [-0.2, 0) is 24.7 Å². The van der Waals surface area contributed by atoms with E-state index in [1.807, 2.05) is 0 Å². The van der Waals surface area contributed by atoms with E-state index in [2.05, 4.69) is 39.0 Å². The lowest BCUT2D eigenvalue weighted by molar-refractivity contribution is 0.0172. The van der Waals surface area contributed by atoms with Crippen molar-refractivity contribution in [3.8, 4) is 0 Å². The second-order valence-electron chi connectivity index (χ2n) is 12.3. The zero-order chi connectivity index (χ0) is 32.2. The molecule has 3 aromatic rings. The number of carboxylic acid groups (broad SMARTS) is 1. The summed E-state index contributed by atoms with van der Waals surface area (Å²) in [4.78, 5) is 39.2. The number of carbonyl (C=O) groups is 2. The number of rotatable bonds is 14. The number of pyridine rings is 1. The highest BCUT2D eigenvalue weighted by Crippen LogP contribution is 2.36. The summed E-state index contributed by atoms with van der Waals surface area (Å²) in [5.74, 6) is -3.90. The van der Waals surface area contributed by atoms with Crippen LogP contribution in [0.15, 0.2) is 42.7 Å². The number of alkyl halides is 3. The number of anilines is 2. The number of halogens is 3. The Balaban J connectivity index is 1.41. The van der Waals surface area contributed by atoms with Crippen LogP contribution in [0, 0.1) is 5.92 Å². The summed E-state index contributed by atoms with van der Waals surface area (Å²) >= 11 is 0. The van der Waals surface area contributed by atoms with Crippen molar-refractivity contribution in [1.82, 2.24) is 19.9 Å². The molecular formula is C33H40F3N5O3. The highest BCUT2D eigenvalue weighted by molar-refractivity contribution is 5.98. The van der Waals surface area contributed by atoms with Crippen molar-refractivity contribution in [1.29, 1.82) is 0 Å². The van der Waals surface area contributed by atoms with Crippen LogP contribution in [0.25, 0.3) is 0 Å². The smallest absolute Gasteiger partial charge is 0.354 e. The molecule has 0 radical (unpaired) electrons. The SMILES string of the molecule is CCC[C@@H](C[C@@H](C)CCC(=O)c1ccnc(C(=O)O)c1)N1Cc2cnc(Nc3cc(C(C)(C)F)cc(C(C)(F)F)c3)nc2C1. The first kappa shape index (κ1) is 33.0. The molecule has 0 spiro atoms. The number of fused-ring (bicyclic) bond motifs is 1. The number of carboxylic acids is 1. The molecule has 44 heavy (non-hydrogen) atoms. The van der Waals surface area contributed by atoms with E-state index >= 15 is 0 Å². The summed E-state index contributed by atoms with van der Waals surface area (Å²) in [6.07, 6.45) is 6.91. The maximum atomic E-state index is 14.7. The lowest BCUT2D eigenvalue weighted by Crippen LogP contribution is -2.32. The minimum absolute atomic E-state index is 0.104. The second kappa shape index (κ2) is 13.4. The minimum Gasteiger partial charge on any atom is -0.477 e. The molecule has 0 bridgehead atoms. The van der Waals surface area contributed by atoms with Gasteiger partial charge in [-0.1, -0.05) is 20.3 Å². The van der Waals surface area contributed by atoms with Gasteiger partial charge in [0.05, 0.1) is 5.69 Å². The van der Waals surface area contributed by atoms with E-state index in [1.165, 1.54) is 44.3 Å². The van der Waals surface area contributed by atoms with Gasteiger partial charge >= 0.3 is 5.97 Å². The van der Waals surface area contributed by atoms with Gasteiger partial charge in [0, 0.05) is 67.2 Å². The quantitative estimate of drug-likeness (QED) is 0.178. The van der Waals surface area contributed by atoms with Gasteiger partial charge in [-0.3, -0.25) is 9.69 Å². The molecular weight excluding hydrogens is 571 g/mol. The highest BCUT2D eigenvalue weighted by atomic mass is 19.3. The number of carbonyl (C=O) groups excluding carboxylic acids is 1. The van der Waals surface area contributed by atoms with Gasteiger partial charge in [-0.15, -0.1) is 0 Å². The monoisotopic (exact) mass is 611 g/mol. The van der Waals surface area contributed by atoms with Crippen LogP contribution < -0.4 is 5.32 Å². The number of ketones is 1. The van der Waals surface area contributed by atoms with E-state index in [0.29, 0.717) is 31.5 Å². The average molecular weight is 612 g/mol. The zero-order valence-corrected chi connectivity index (χ0v) is 25.8. The predicted molar refractivity (Wildman–Crippen MR) is 162 cm³/mol. The largest absolute Gasteiger partial charge is 0.477 e. The summed E-state index contributed by atoms with van der Waals surface area (Å²) in [7, 11) is 0. The third-order valence-electron chi connectivity index (χ3n) is 8.04. The Bertz CT molecular complexity index is 1470. The zero-order valence-electron chi connectivity index (χ0n) is 25.8. The molecule has 0 saturated carbocycles. The van der Waals surface area contributed by atoms with Crippen molar-refractivity contribution in [3.63, 3.8) is 0 Å². The molecule has 1 aliphatic rings. The maximum Gasteiger partial charge on any atom is 0.354 e. The molecule has 2 aromatic heterocycles. The Labute approximate surface area is 256 Å². The molecule has 0 amide bonds. The summed E-state index contributed by atoms with van der Waals surface area (Å²) in [6, 6.07) is 7.10. The van der Waals surface area contributed by atoms with Gasteiger partial charge in [-0.25, -0.2) is 32.9 Å². The van der Waals surface area contributed by atoms with E-state index in [4.69, 9.17) is 5.11 Å². The molecule has 2 atom stereocenters. The normalized spacial score (nSPS) is 15.1. The molecule has 11 heteroatoms. The number of aromatic nitrogens is 3. The Morgan fingerprint density at radius 1 is 1.05 bits per heavy atom. The number of hydrogen-bond acceptors (Lipinski definition) is 7. The van der Waals surface area contributed by atoms with Gasteiger partial charge in [-0.05, 0) is 74.9 Å². The fourth-order valence-electron chi connectivity index (χ4n) is 5.53. The van der Waals surface area contributed by atoms with Crippen molar-refractivity contribution in [3.05, 3.63) is 76.4 Å². The summed E-state index contributed by atoms with van der Waals surface area (Å²) in [5, 5.41) is 12.2. The summed E-state index contributed by atoms with van der Waals surface area (Å²) in [6.45, 7) is 8.98. The van der Waals surface area contributed by atoms with Crippen molar-refractivity contribution >= 4 is 23.4 Å². The van der Waals surface area contributed by atoms with E-state index < -0.39 is 17.6 Å². The van der Waals surface area contributed by atoms with Crippen LogP contribution in [0.1, 0.15) is 110 Å². The Morgan fingerprint density at radius 2 is 1.77 bits per heavy atom. The predicted octanol–water partition coefficient (Wildman–Crippen LogP) is 7.80. The highest BCUT2D eigenvalue weighted by Gasteiger charge is 2.30. The fraction of sp³-hybridized carbons (Fsp3) is 0.485. The van der Waals surface area contributed by atoms with E-state index in [0.717, 1.165) is 37.4 Å². The van der Waals surface area contributed by atoms with Crippen molar-refractivity contribution < 1.29 is 27.9 Å². The lowest BCUT2D eigenvalue weighted by Gasteiger charge is -2.29. The van der Waals surface area contributed by atoms with Crippen molar-refractivity contribution in [2.24, 2.45) is 5.92 Å². The van der Waals surface area contributed by atoms with Gasteiger partial charge in [0.25, 0.3) is 5.92 Å². The van der Waals surface area contributed by atoms with Gasteiger partial charge in [0.2, 0.25) is 5.95 Å². The van der Waals surface area contributed by atoms with Gasteiger partial charge in [0.15, 0.2) is 5.78 Å². The van der Waals surface area contributed by atoms with Crippen LogP contribution in [0.4, 0.5) is 24.8 Å². The molecule has 0 saturated heterocycles. The molecule has 8 nitrogen and oxygen atoms in total. The third kappa shape index (κ3) is 8.40. The van der Waals surface area contributed by atoms with Gasteiger partial charge in [0.1, 0.15) is 11.4 Å². The third-order valence-corrected chi connectivity index (χ3v) is 8.04. The topological polar surface area (TPSA) is 108 Å². The van der Waals surface area contributed by atoms with Crippen LogP contribution >= 0.6 is 0 Å². The molecule has 2 N–H and O–H groups in total. The molecule has 4 rings (SSSR count). The number of hydrogen-bond donors (Lipinski definition) is 2. The molecule has 0 unspecified atom stereocenters. The Kier molecular flexibility index (Phi) is 10.1. The maximum absolute atomic E-state index is 14.7. The van der Waals surface area contributed by atoms with Crippen molar-refractivity contribution in [2.75, 3.05) is 5.32 Å². The number of aromatic carboxylic acids is 1. The molecule has 0 fully saturated rings. The minimum atomic E-state index is -3.14. The second-order valence-corrected chi connectivity index (χ2v) is 12.3. The first-order valence-electron chi connectivity index (χ1n) is 14.9. The van der Waals surface area contributed by atoms with Gasteiger partial charge in [-0.2, -0.15) is 0 Å². The Morgan fingerprint density at radius 3 is 2.43 bits per heavy atom. The first-order valence-corrected chi connectivity index (χ1v) is 14.9. The van der Waals surface area contributed by atoms with E-state index in [-0.39, 0.29) is 46.2 Å². The standard InChI is InChI=1S/C33H40F3N5O3/c1-6-7-26(12-20(2)8-9-29(42)21-10-11-37-27(13-21)30(43)44)41-18-22-17-38-31(40-28(22)19-41)39-25-15-23(32(3,4)34)14-24(16-25)33(5,35)36/h10-11,13-17,20,26H,6-9,12,18-19H2,1-5H3,(H,43,44)(H,38,39,40)/t20-,26-/m0/s1. The van der Waals surface area contributed by atoms with E-state index in [1.54, 1.807) is 12.3 Å². The number of nitrogens with zero attached hydrogens (tertiary/aromatic N) is 4. The average Bonchev–Trinajstić information content (AvgIpc) is 3.38. The van der Waals surface area contributed by atoms with Crippen molar-refractivity contribution in [2.45, 2.75) is 97.4 Å². The summed E-state index contributed by atoms with van der Waals surface area (Å²) in [5.41, 5.74) is 0.372. The number of Topliss-reactive ketones (excluding diaryl/α,β-unsaturated/α-hetero) is 1. The lowest BCUT2D eigenvalue weighted by atomic mass is 9.92. The van der Waals surface area contributed by atoms with Crippen LogP contribution in [0.5, 0.6) is 0 Å². The fourth-order valence-corrected chi connectivity index (χ4v) is 5.53. The summed E-state index contributed by atoms with van der Waals surface area (Å²) < 4.78 is 43.1. The van der Waals surface area contributed by atoms with Gasteiger partial charge < -0.3 is 10.4 Å². The molecule has 1 aromatic carbocycles. The number of benzene rings is 1. The first-order chi connectivity index (χ1) is 20.6. The molecule has 3 heterocycles. The molecule has 236 valence electrons. The van der Waals surface area contributed by atoms with Crippen LogP contribution in [0.2, 0.25) is 0 Å². The van der Waals surface area contributed by atoms with Crippen LogP contribution in [-0.4, -0.2) is 42.8 Å². The molecule has 0 aliphatic carbocycles. The molecule has 1 aliphatic heterocycles. The van der Waals surface area contributed by atoms with Crippen LogP contribution in [0.3, 0.4) is 0 Å². The number of nitrogens with one attached hydrogen (secondary N) is 1. The Hall–Kier alpha value is -3.86.